The summed E-state index contributed by atoms with van der Waals surface area (Å²) in [6.07, 6.45) is 5.63. The highest BCUT2D eigenvalue weighted by molar-refractivity contribution is 6.04. The monoisotopic (exact) mass is 293 g/mol. The zero-order valence-corrected chi connectivity index (χ0v) is 12.1. The minimum atomic E-state index is -0.180. The van der Waals surface area contributed by atoms with Crippen molar-refractivity contribution in [2.24, 2.45) is 0 Å². The van der Waals surface area contributed by atoms with Crippen LogP contribution in [0.25, 0.3) is 5.82 Å². The van der Waals surface area contributed by atoms with Crippen LogP contribution in [-0.4, -0.2) is 25.7 Å². The lowest BCUT2D eigenvalue weighted by Gasteiger charge is -2.07. The first-order valence-electron chi connectivity index (χ1n) is 6.97. The Morgan fingerprint density at radius 3 is 2.55 bits per heavy atom. The van der Waals surface area contributed by atoms with Crippen LogP contribution in [0.15, 0.2) is 55.2 Å². The molecule has 0 fully saturated rings. The van der Waals surface area contributed by atoms with Gasteiger partial charge in [-0.05, 0) is 36.2 Å². The van der Waals surface area contributed by atoms with Crippen LogP contribution in [0.2, 0.25) is 0 Å². The van der Waals surface area contributed by atoms with Gasteiger partial charge in [-0.1, -0.05) is 19.1 Å². The largest absolute Gasteiger partial charge is 0.322 e. The molecule has 0 radical (unpaired) electrons. The van der Waals surface area contributed by atoms with Crippen molar-refractivity contribution in [3.63, 3.8) is 0 Å². The van der Waals surface area contributed by atoms with Crippen molar-refractivity contribution < 1.29 is 4.79 Å². The number of aryl methyl sites for hydroxylation is 1. The molecule has 1 amide bonds. The highest BCUT2D eigenvalue weighted by Gasteiger charge is 2.08. The Labute approximate surface area is 127 Å². The normalized spacial score (nSPS) is 10.4. The number of benzene rings is 1. The van der Waals surface area contributed by atoms with E-state index >= 15 is 0 Å². The lowest BCUT2D eigenvalue weighted by atomic mass is 10.1. The Kier molecular flexibility index (Phi) is 3.91. The van der Waals surface area contributed by atoms with Gasteiger partial charge in [0, 0.05) is 17.4 Å². The highest BCUT2D eigenvalue weighted by Crippen LogP contribution is 2.13. The molecular formula is C16H15N5O. The Morgan fingerprint density at radius 2 is 1.86 bits per heavy atom. The third-order valence-electron chi connectivity index (χ3n) is 3.31. The summed E-state index contributed by atoms with van der Waals surface area (Å²) < 4.78 is 1.65. The molecule has 22 heavy (non-hydrogen) atoms. The molecule has 6 nitrogen and oxygen atoms in total. The molecule has 1 N–H and O–H groups in total. The topological polar surface area (TPSA) is 72.7 Å². The molecule has 3 rings (SSSR count). The third kappa shape index (κ3) is 3.01. The number of carbonyl (C=O) groups excluding carboxylic acids is 1. The molecule has 2 heterocycles. The second-order valence-corrected chi connectivity index (χ2v) is 4.78. The molecule has 110 valence electrons. The third-order valence-corrected chi connectivity index (χ3v) is 3.31. The van der Waals surface area contributed by atoms with E-state index in [4.69, 9.17) is 0 Å². The van der Waals surface area contributed by atoms with Gasteiger partial charge in [0.15, 0.2) is 0 Å². The Morgan fingerprint density at radius 1 is 1.14 bits per heavy atom. The summed E-state index contributed by atoms with van der Waals surface area (Å²) in [5.74, 6) is 0.417. The van der Waals surface area contributed by atoms with E-state index in [1.54, 1.807) is 22.9 Å². The fourth-order valence-corrected chi connectivity index (χ4v) is 2.05. The van der Waals surface area contributed by atoms with Crippen molar-refractivity contribution in [1.29, 1.82) is 0 Å². The van der Waals surface area contributed by atoms with E-state index in [9.17, 15) is 4.79 Å². The van der Waals surface area contributed by atoms with Crippen LogP contribution in [0.3, 0.4) is 0 Å². The van der Waals surface area contributed by atoms with Gasteiger partial charge in [-0.3, -0.25) is 9.36 Å². The van der Waals surface area contributed by atoms with E-state index in [0.717, 1.165) is 12.1 Å². The van der Waals surface area contributed by atoms with E-state index in [1.165, 1.54) is 18.2 Å². The number of hydrogen-bond acceptors (Lipinski definition) is 4. The van der Waals surface area contributed by atoms with Gasteiger partial charge < -0.3 is 5.32 Å². The lowest BCUT2D eigenvalue weighted by molar-refractivity contribution is 0.102. The number of aromatic nitrogens is 4. The molecule has 0 saturated carbocycles. The summed E-state index contributed by atoms with van der Waals surface area (Å²) in [4.78, 5) is 16.5. The van der Waals surface area contributed by atoms with Crippen molar-refractivity contribution >= 4 is 11.6 Å². The Balaban J connectivity index is 1.78. The number of nitrogens with one attached hydrogen (secondary N) is 1. The van der Waals surface area contributed by atoms with Crippen LogP contribution in [0.1, 0.15) is 22.8 Å². The van der Waals surface area contributed by atoms with Gasteiger partial charge in [-0.2, -0.15) is 0 Å². The molecule has 0 atom stereocenters. The van der Waals surface area contributed by atoms with E-state index in [1.807, 2.05) is 24.3 Å². The minimum Gasteiger partial charge on any atom is -0.322 e. The number of anilines is 1. The molecule has 2 aromatic heterocycles. The summed E-state index contributed by atoms with van der Waals surface area (Å²) >= 11 is 0. The van der Waals surface area contributed by atoms with Crippen molar-refractivity contribution in [2.75, 3.05) is 5.32 Å². The van der Waals surface area contributed by atoms with Crippen LogP contribution in [0, 0.1) is 0 Å². The standard InChI is InChI=1S/C16H15N5O/c1-2-12-3-5-14(6-4-12)20-16(22)13-7-8-17-15(9-13)21-10-18-19-11-21/h3-11H,2H2,1H3,(H,20,22). The second kappa shape index (κ2) is 6.17. The maximum atomic E-state index is 12.3. The molecule has 0 unspecified atom stereocenters. The summed E-state index contributed by atoms with van der Waals surface area (Å²) in [5.41, 5.74) is 2.53. The van der Waals surface area contributed by atoms with E-state index in [-0.39, 0.29) is 5.91 Å². The quantitative estimate of drug-likeness (QED) is 0.802. The SMILES string of the molecule is CCc1ccc(NC(=O)c2ccnc(-n3cnnc3)c2)cc1. The predicted octanol–water partition coefficient (Wildman–Crippen LogP) is 2.48. The molecule has 0 aliphatic carbocycles. The maximum absolute atomic E-state index is 12.3. The molecule has 0 bridgehead atoms. The van der Waals surface area contributed by atoms with Gasteiger partial charge in [0.25, 0.3) is 5.91 Å². The second-order valence-electron chi connectivity index (χ2n) is 4.78. The number of pyridine rings is 1. The van der Waals surface area contributed by atoms with Crippen LogP contribution in [0.4, 0.5) is 5.69 Å². The summed E-state index contributed by atoms with van der Waals surface area (Å²) in [7, 11) is 0. The van der Waals surface area contributed by atoms with Gasteiger partial charge in [0.2, 0.25) is 0 Å². The van der Waals surface area contributed by atoms with Crippen molar-refractivity contribution in [3.05, 3.63) is 66.4 Å². The number of rotatable bonds is 4. The molecule has 1 aromatic carbocycles. The predicted molar refractivity (Wildman–Crippen MR) is 82.9 cm³/mol. The first-order chi connectivity index (χ1) is 10.8. The summed E-state index contributed by atoms with van der Waals surface area (Å²) in [6, 6.07) is 11.2. The first-order valence-corrected chi connectivity index (χ1v) is 6.97. The smallest absolute Gasteiger partial charge is 0.255 e. The average molecular weight is 293 g/mol. The fraction of sp³-hybridized carbons (Fsp3) is 0.125. The van der Waals surface area contributed by atoms with Crippen LogP contribution in [-0.2, 0) is 6.42 Å². The highest BCUT2D eigenvalue weighted by atomic mass is 16.1. The van der Waals surface area contributed by atoms with Crippen molar-refractivity contribution in [1.82, 2.24) is 19.7 Å². The minimum absolute atomic E-state index is 0.180. The van der Waals surface area contributed by atoms with E-state index in [0.29, 0.717) is 11.4 Å². The van der Waals surface area contributed by atoms with Crippen LogP contribution < -0.4 is 5.32 Å². The van der Waals surface area contributed by atoms with Gasteiger partial charge in [0.1, 0.15) is 18.5 Å². The molecule has 6 heteroatoms. The summed E-state index contributed by atoms with van der Waals surface area (Å²) in [6.45, 7) is 2.09. The summed E-state index contributed by atoms with van der Waals surface area (Å²) in [5, 5.41) is 10.3. The Bertz CT molecular complexity index is 765. The fourth-order valence-electron chi connectivity index (χ4n) is 2.05. The van der Waals surface area contributed by atoms with Crippen molar-refractivity contribution in [3.8, 4) is 5.82 Å². The molecule has 0 saturated heterocycles. The van der Waals surface area contributed by atoms with Gasteiger partial charge in [0.05, 0.1) is 0 Å². The average Bonchev–Trinajstić information content (AvgIpc) is 3.10. The molecule has 0 spiro atoms. The molecule has 3 aromatic rings. The van der Waals surface area contributed by atoms with E-state index < -0.39 is 0 Å². The number of carbonyl (C=O) groups is 1. The van der Waals surface area contributed by atoms with Crippen molar-refractivity contribution in [2.45, 2.75) is 13.3 Å². The van der Waals surface area contributed by atoms with E-state index in [2.05, 4.69) is 27.4 Å². The number of hydrogen-bond donors (Lipinski definition) is 1. The van der Waals surface area contributed by atoms with Gasteiger partial charge in [-0.15, -0.1) is 10.2 Å². The molecule has 0 aliphatic heterocycles. The van der Waals surface area contributed by atoms with Crippen LogP contribution >= 0.6 is 0 Å². The van der Waals surface area contributed by atoms with Gasteiger partial charge >= 0.3 is 0 Å². The zero-order chi connectivity index (χ0) is 15.4. The van der Waals surface area contributed by atoms with Crippen LogP contribution in [0.5, 0.6) is 0 Å². The molecular weight excluding hydrogens is 278 g/mol. The molecule has 0 aliphatic rings. The number of nitrogens with zero attached hydrogens (tertiary/aromatic N) is 4. The van der Waals surface area contributed by atoms with Gasteiger partial charge in [-0.25, -0.2) is 4.98 Å². The maximum Gasteiger partial charge on any atom is 0.255 e. The Hall–Kier alpha value is -3.02. The number of amides is 1. The lowest BCUT2D eigenvalue weighted by Crippen LogP contribution is -2.12. The zero-order valence-electron chi connectivity index (χ0n) is 12.1. The first kappa shape index (κ1) is 13.9.